The molecule has 4 atom stereocenters. The van der Waals surface area contributed by atoms with Gasteiger partial charge in [0.1, 0.15) is 5.60 Å². The van der Waals surface area contributed by atoms with Crippen LogP contribution in [0.15, 0.2) is 24.3 Å². The zero-order valence-corrected chi connectivity index (χ0v) is 9.43. The van der Waals surface area contributed by atoms with Gasteiger partial charge in [-0.25, -0.2) is 4.89 Å². The molecule has 0 aliphatic heterocycles. The Hall–Kier alpha value is -1.19. The molecule has 0 aromatic heterocycles. The Morgan fingerprint density at radius 1 is 1.29 bits per heavy atom. The second-order valence-electron chi connectivity index (χ2n) is 5.54. The summed E-state index contributed by atoms with van der Waals surface area (Å²) < 4.78 is 0. The van der Waals surface area contributed by atoms with Crippen LogP contribution in [0.1, 0.15) is 35.2 Å². The van der Waals surface area contributed by atoms with Crippen LogP contribution in [0.4, 0.5) is 0 Å². The molecule has 3 aliphatic carbocycles. The van der Waals surface area contributed by atoms with E-state index in [-0.39, 0.29) is 11.7 Å². The van der Waals surface area contributed by atoms with E-state index in [0.29, 0.717) is 11.8 Å². The van der Waals surface area contributed by atoms with Crippen molar-refractivity contribution in [1.82, 2.24) is 0 Å². The monoisotopic (exact) mass is 230 g/mol. The number of fused-ring (bicyclic) bond motifs is 7. The maximum absolute atomic E-state index is 12.4. The molecule has 0 unspecified atom stereocenters. The molecule has 0 amide bonds. The first-order valence-corrected chi connectivity index (χ1v) is 6.25. The molecule has 88 valence electrons. The quantitative estimate of drug-likeness (QED) is 0.596. The van der Waals surface area contributed by atoms with Gasteiger partial charge in [-0.3, -0.25) is 10.1 Å². The van der Waals surface area contributed by atoms with Crippen molar-refractivity contribution >= 4 is 5.78 Å². The van der Waals surface area contributed by atoms with Crippen LogP contribution in [0.25, 0.3) is 0 Å². The third kappa shape index (κ3) is 0.905. The highest BCUT2D eigenvalue weighted by atomic mass is 17.1. The Morgan fingerprint density at radius 2 is 2.12 bits per heavy atom. The number of carbonyl (C=O) groups excluding carboxylic acids is 1. The maximum atomic E-state index is 12.4. The SMILES string of the molecule is O=C1c2ccccc2[C@]2(OO)[C@H]3CC[C@@H](C3)[C@@H]12. The van der Waals surface area contributed by atoms with Gasteiger partial charge in [0.2, 0.25) is 0 Å². The van der Waals surface area contributed by atoms with Gasteiger partial charge in [0.25, 0.3) is 0 Å². The molecule has 3 aliphatic rings. The van der Waals surface area contributed by atoms with E-state index in [1.54, 1.807) is 0 Å². The van der Waals surface area contributed by atoms with Crippen LogP contribution in [0.3, 0.4) is 0 Å². The van der Waals surface area contributed by atoms with Crippen molar-refractivity contribution in [3.8, 4) is 0 Å². The number of carbonyl (C=O) groups is 1. The van der Waals surface area contributed by atoms with E-state index in [2.05, 4.69) is 0 Å². The lowest BCUT2D eigenvalue weighted by atomic mass is 9.75. The Balaban J connectivity index is 2.00. The van der Waals surface area contributed by atoms with E-state index < -0.39 is 5.60 Å². The van der Waals surface area contributed by atoms with Crippen LogP contribution in [0.2, 0.25) is 0 Å². The topological polar surface area (TPSA) is 46.5 Å². The lowest BCUT2D eigenvalue weighted by molar-refractivity contribution is -0.349. The molecule has 1 aromatic carbocycles. The smallest absolute Gasteiger partial charge is 0.169 e. The Kier molecular flexibility index (Phi) is 1.72. The third-order valence-corrected chi connectivity index (χ3v) is 5.06. The van der Waals surface area contributed by atoms with Gasteiger partial charge in [-0.2, -0.15) is 0 Å². The van der Waals surface area contributed by atoms with E-state index in [1.165, 1.54) is 0 Å². The normalized spacial score (nSPS) is 41.7. The third-order valence-electron chi connectivity index (χ3n) is 5.06. The summed E-state index contributed by atoms with van der Waals surface area (Å²) in [4.78, 5) is 17.4. The van der Waals surface area contributed by atoms with E-state index in [9.17, 15) is 10.1 Å². The first kappa shape index (κ1) is 9.80. The van der Waals surface area contributed by atoms with Gasteiger partial charge in [0.15, 0.2) is 5.78 Å². The molecule has 4 rings (SSSR count). The minimum absolute atomic E-state index is 0.149. The number of hydrogen-bond donors (Lipinski definition) is 1. The lowest BCUT2D eigenvalue weighted by Crippen LogP contribution is -2.41. The van der Waals surface area contributed by atoms with E-state index in [0.717, 1.165) is 30.4 Å². The molecule has 1 aromatic rings. The Labute approximate surface area is 99.3 Å². The van der Waals surface area contributed by atoms with Crippen LogP contribution < -0.4 is 0 Å². The van der Waals surface area contributed by atoms with Crippen molar-refractivity contribution in [2.45, 2.75) is 24.9 Å². The predicted octanol–water partition coefficient (Wildman–Crippen LogP) is 2.61. The van der Waals surface area contributed by atoms with E-state index in [4.69, 9.17) is 4.89 Å². The lowest BCUT2D eigenvalue weighted by Gasteiger charge is -2.35. The molecule has 0 heterocycles. The molecule has 0 saturated heterocycles. The van der Waals surface area contributed by atoms with E-state index in [1.807, 2.05) is 24.3 Å². The van der Waals surface area contributed by atoms with Crippen molar-refractivity contribution in [2.75, 3.05) is 0 Å². The molecular weight excluding hydrogens is 216 g/mol. The highest BCUT2D eigenvalue weighted by Crippen LogP contribution is 2.65. The minimum atomic E-state index is -0.726. The van der Waals surface area contributed by atoms with Crippen LogP contribution >= 0.6 is 0 Å². The molecule has 2 saturated carbocycles. The van der Waals surface area contributed by atoms with Crippen molar-refractivity contribution < 1.29 is 14.9 Å². The Bertz CT molecular complexity index is 510. The fraction of sp³-hybridized carbons (Fsp3) is 0.500. The second-order valence-corrected chi connectivity index (χ2v) is 5.54. The summed E-state index contributed by atoms with van der Waals surface area (Å²) in [6.07, 6.45) is 3.18. The fourth-order valence-electron chi connectivity index (χ4n) is 4.50. The van der Waals surface area contributed by atoms with Crippen LogP contribution in [0, 0.1) is 17.8 Å². The van der Waals surface area contributed by atoms with Crippen LogP contribution in [-0.2, 0) is 10.5 Å². The number of Topliss-reactive ketones (excluding diaryl/α,β-unsaturated/α-hetero) is 1. The fourth-order valence-corrected chi connectivity index (χ4v) is 4.50. The molecule has 17 heavy (non-hydrogen) atoms. The summed E-state index contributed by atoms with van der Waals surface area (Å²) in [5.74, 6) is 0.715. The summed E-state index contributed by atoms with van der Waals surface area (Å²) in [7, 11) is 0. The van der Waals surface area contributed by atoms with Gasteiger partial charge < -0.3 is 0 Å². The average molecular weight is 230 g/mol. The Morgan fingerprint density at radius 3 is 2.94 bits per heavy atom. The summed E-state index contributed by atoms with van der Waals surface area (Å²) in [5.41, 5.74) is 0.934. The molecule has 0 radical (unpaired) electrons. The largest absolute Gasteiger partial charge is 0.294 e. The molecule has 1 N–H and O–H groups in total. The van der Waals surface area contributed by atoms with Gasteiger partial charge in [-0.05, 0) is 36.7 Å². The first-order valence-electron chi connectivity index (χ1n) is 6.25. The summed E-state index contributed by atoms with van der Waals surface area (Å²) in [6.45, 7) is 0. The molecule has 2 fully saturated rings. The molecule has 0 spiro atoms. The maximum Gasteiger partial charge on any atom is 0.169 e. The molecule has 2 bridgehead atoms. The van der Waals surface area contributed by atoms with Gasteiger partial charge >= 0.3 is 0 Å². The number of hydrogen-bond acceptors (Lipinski definition) is 3. The standard InChI is InChI=1S/C14H14O3/c15-13-10-3-1-2-4-11(10)14(17-16)9-6-5-8(7-9)12(13)14/h1-4,8-9,12,16H,5-7H2/t8-,9-,12-,14+/m0/s1. The second kappa shape index (κ2) is 2.98. The molecule has 3 nitrogen and oxygen atoms in total. The minimum Gasteiger partial charge on any atom is -0.294 e. The summed E-state index contributed by atoms with van der Waals surface area (Å²) in [5, 5.41) is 9.46. The molecule has 3 heteroatoms. The summed E-state index contributed by atoms with van der Waals surface area (Å²) in [6, 6.07) is 7.59. The molecular formula is C14H14O3. The number of ketones is 1. The summed E-state index contributed by atoms with van der Waals surface area (Å²) >= 11 is 0. The van der Waals surface area contributed by atoms with Gasteiger partial charge in [-0.15, -0.1) is 0 Å². The van der Waals surface area contributed by atoms with E-state index >= 15 is 0 Å². The highest BCUT2D eigenvalue weighted by Gasteiger charge is 2.67. The van der Waals surface area contributed by atoms with Crippen LogP contribution in [0.5, 0.6) is 0 Å². The van der Waals surface area contributed by atoms with Gasteiger partial charge in [0, 0.05) is 5.56 Å². The number of rotatable bonds is 1. The zero-order chi connectivity index (χ0) is 11.6. The highest BCUT2D eigenvalue weighted by molar-refractivity contribution is 6.04. The van der Waals surface area contributed by atoms with Crippen molar-refractivity contribution in [2.24, 2.45) is 17.8 Å². The zero-order valence-electron chi connectivity index (χ0n) is 9.43. The van der Waals surface area contributed by atoms with Gasteiger partial charge in [0.05, 0.1) is 5.92 Å². The average Bonchev–Trinajstić information content (AvgIpc) is 3.01. The first-order chi connectivity index (χ1) is 8.29. The van der Waals surface area contributed by atoms with Crippen molar-refractivity contribution in [3.63, 3.8) is 0 Å². The van der Waals surface area contributed by atoms with Crippen molar-refractivity contribution in [3.05, 3.63) is 35.4 Å². The van der Waals surface area contributed by atoms with Crippen molar-refractivity contribution in [1.29, 1.82) is 0 Å². The van der Waals surface area contributed by atoms with Crippen LogP contribution in [-0.4, -0.2) is 11.0 Å². The number of benzene rings is 1. The van der Waals surface area contributed by atoms with Gasteiger partial charge in [-0.1, -0.05) is 24.3 Å². The predicted molar refractivity (Wildman–Crippen MR) is 60.5 cm³/mol.